The third-order valence-corrected chi connectivity index (χ3v) is 3.06. The molecule has 0 rings (SSSR count). The zero-order valence-electron chi connectivity index (χ0n) is 10.5. The summed E-state index contributed by atoms with van der Waals surface area (Å²) in [5, 5.41) is 9.13. The molecule has 0 spiro atoms. The highest BCUT2D eigenvalue weighted by atomic mass is 35.5. The highest BCUT2D eigenvalue weighted by Gasteiger charge is 2.43. The Bertz CT molecular complexity index is 312. The molecule has 5 heteroatoms. The number of carboxylic acid groups (broad SMARTS) is 1. The van der Waals surface area contributed by atoms with Crippen molar-refractivity contribution in [2.75, 3.05) is 6.61 Å². The van der Waals surface area contributed by atoms with Crippen LogP contribution in [0.2, 0.25) is 0 Å². The highest BCUT2D eigenvalue weighted by Crippen LogP contribution is 2.36. The SMILES string of the molecule is C=CCOC(=O)C(C)(Cl)CC(C)(CC)C(=O)O. The second-order valence-electron chi connectivity index (χ2n) is 4.48. The van der Waals surface area contributed by atoms with Gasteiger partial charge in [-0.15, -0.1) is 11.6 Å². The van der Waals surface area contributed by atoms with Gasteiger partial charge in [0, 0.05) is 0 Å². The number of carbonyl (C=O) groups excluding carboxylic acids is 1. The maximum atomic E-state index is 11.6. The van der Waals surface area contributed by atoms with Crippen molar-refractivity contribution in [2.45, 2.75) is 38.5 Å². The van der Waals surface area contributed by atoms with Gasteiger partial charge < -0.3 is 9.84 Å². The summed E-state index contributed by atoms with van der Waals surface area (Å²) < 4.78 is 4.84. The van der Waals surface area contributed by atoms with E-state index in [1.165, 1.54) is 13.0 Å². The molecule has 98 valence electrons. The molecule has 0 aromatic carbocycles. The average Bonchev–Trinajstić information content (AvgIpc) is 2.24. The van der Waals surface area contributed by atoms with Gasteiger partial charge >= 0.3 is 11.9 Å². The first kappa shape index (κ1) is 16.0. The van der Waals surface area contributed by atoms with Crippen LogP contribution in [0.25, 0.3) is 0 Å². The van der Waals surface area contributed by atoms with Crippen LogP contribution in [0.5, 0.6) is 0 Å². The minimum absolute atomic E-state index is 0.0172. The Hall–Kier alpha value is -1.03. The van der Waals surface area contributed by atoms with Crippen molar-refractivity contribution in [3.8, 4) is 0 Å². The van der Waals surface area contributed by atoms with Crippen LogP contribution in [-0.4, -0.2) is 28.5 Å². The monoisotopic (exact) mass is 262 g/mol. The summed E-state index contributed by atoms with van der Waals surface area (Å²) in [6.45, 7) is 8.27. The van der Waals surface area contributed by atoms with Crippen molar-refractivity contribution in [1.82, 2.24) is 0 Å². The van der Waals surface area contributed by atoms with Crippen LogP contribution in [0.1, 0.15) is 33.6 Å². The number of aliphatic carboxylic acids is 1. The van der Waals surface area contributed by atoms with E-state index in [0.29, 0.717) is 6.42 Å². The highest BCUT2D eigenvalue weighted by molar-refractivity contribution is 6.33. The first-order valence-electron chi connectivity index (χ1n) is 5.40. The number of ether oxygens (including phenoxy) is 1. The summed E-state index contributed by atoms with van der Waals surface area (Å²) in [5.74, 6) is -1.59. The minimum Gasteiger partial charge on any atom is -0.481 e. The van der Waals surface area contributed by atoms with Crippen LogP contribution in [0.15, 0.2) is 12.7 Å². The quantitative estimate of drug-likeness (QED) is 0.435. The van der Waals surface area contributed by atoms with Crippen molar-refractivity contribution < 1.29 is 19.4 Å². The Morgan fingerprint density at radius 1 is 1.47 bits per heavy atom. The molecule has 0 amide bonds. The molecule has 0 aromatic rings. The van der Waals surface area contributed by atoms with Gasteiger partial charge in [-0.05, 0) is 26.7 Å². The summed E-state index contributed by atoms with van der Waals surface area (Å²) in [4.78, 5) is 21.4. The summed E-state index contributed by atoms with van der Waals surface area (Å²) >= 11 is 6.06. The fourth-order valence-electron chi connectivity index (χ4n) is 1.44. The molecule has 0 aliphatic carbocycles. The van der Waals surface area contributed by atoms with Crippen LogP contribution >= 0.6 is 11.6 Å². The predicted octanol–water partition coefficient (Wildman–Crippen LogP) is 2.60. The molecule has 0 fully saturated rings. The van der Waals surface area contributed by atoms with Crippen LogP contribution < -0.4 is 0 Å². The molecule has 0 bridgehead atoms. The van der Waals surface area contributed by atoms with Crippen molar-refractivity contribution in [1.29, 1.82) is 0 Å². The first-order valence-corrected chi connectivity index (χ1v) is 5.78. The minimum atomic E-state index is -1.34. The Balaban J connectivity index is 4.77. The molecule has 17 heavy (non-hydrogen) atoms. The van der Waals surface area contributed by atoms with Crippen LogP contribution in [-0.2, 0) is 14.3 Å². The maximum Gasteiger partial charge on any atom is 0.327 e. The van der Waals surface area contributed by atoms with E-state index in [1.54, 1.807) is 13.8 Å². The van der Waals surface area contributed by atoms with E-state index < -0.39 is 22.2 Å². The van der Waals surface area contributed by atoms with Crippen LogP contribution in [0, 0.1) is 5.41 Å². The molecule has 0 aliphatic heterocycles. The fraction of sp³-hybridized carbons (Fsp3) is 0.667. The predicted molar refractivity (Wildman–Crippen MR) is 66.1 cm³/mol. The van der Waals surface area contributed by atoms with E-state index in [2.05, 4.69) is 6.58 Å². The summed E-state index contributed by atoms with van der Waals surface area (Å²) in [6.07, 6.45) is 1.84. The molecule has 0 aliphatic rings. The molecular weight excluding hydrogens is 244 g/mol. The number of halogens is 1. The molecule has 0 saturated carbocycles. The lowest BCUT2D eigenvalue weighted by Gasteiger charge is -2.30. The fourth-order valence-corrected chi connectivity index (χ4v) is 1.79. The van der Waals surface area contributed by atoms with E-state index in [4.69, 9.17) is 21.4 Å². The zero-order chi connectivity index (χ0) is 13.7. The Labute approximate surface area is 107 Å². The molecule has 0 saturated heterocycles. The van der Waals surface area contributed by atoms with Crippen LogP contribution in [0.4, 0.5) is 0 Å². The average molecular weight is 263 g/mol. The molecule has 4 nitrogen and oxygen atoms in total. The molecule has 1 N–H and O–H groups in total. The van der Waals surface area contributed by atoms with Crippen molar-refractivity contribution >= 4 is 23.5 Å². The molecule has 2 atom stereocenters. The molecule has 2 unspecified atom stereocenters. The summed E-state index contributed by atoms with van der Waals surface area (Å²) in [6, 6.07) is 0. The Morgan fingerprint density at radius 3 is 2.35 bits per heavy atom. The summed E-state index contributed by atoms with van der Waals surface area (Å²) in [7, 11) is 0. The lowest BCUT2D eigenvalue weighted by atomic mass is 9.79. The Morgan fingerprint density at radius 2 is 2.00 bits per heavy atom. The molecular formula is C12H19ClO4. The zero-order valence-corrected chi connectivity index (χ0v) is 11.2. The van der Waals surface area contributed by atoms with Gasteiger partial charge in [0.15, 0.2) is 0 Å². The lowest BCUT2D eigenvalue weighted by molar-refractivity contribution is -0.152. The van der Waals surface area contributed by atoms with E-state index in [9.17, 15) is 9.59 Å². The number of hydrogen-bond donors (Lipinski definition) is 1. The number of esters is 1. The van der Waals surface area contributed by atoms with E-state index >= 15 is 0 Å². The number of hydrogen-bond acceptors (Lipinski definition) is 3. The van der Waals surface area contributed by atoms with Gasteiger partial charge in [0.05, 0.1) is 5.41 Å². The van der Waals surface area contributed by atoms with Gasteiger partial charge in [0.1, 0.15) is 11.5 Å². The number of alkyl halides is 1. The van der Waals surface area contributed by atoms with E-state index in [1.807, 2.05) is 0 Å². The first-order chi connectivity index (χ1) is 7.69. The van der Waals surface area contributed by atoms with Gasteiger partial charge in [-0.25, -0.2) is 0 Å². The van der Waals surface area contributed by atoms with Crippen molar-refractivity contribution in [2.24, 2.45) is 5.41 Å². The standard InChI is InChI=1S/C12H19ClO4/c1-5-7-17-10(16)12(4,13)8-11(3,6-2)9(14)15/h5H,1,6-8H2,2-4H3,(H,14,15). The smallest absolute Gasteiger partial charge is 0.327 e. The third-order valence-electron chi connectivity index (χ3n) is 2.78. The summed E-state index contributed by atoms with van der Waals surface area (Å²) in [5.41, 5.74) is -1.04. The van der Waals surface area contributed by atoms with Gasteiger partial charge in [-0.3, -0.25) is 9.59 Å². The number of carbonyl (C=O) groups is 2. The second kappa shape index (κ2) is 6.05. The largest absolute Gasteiger partial charge is 0.481 e. The van der Waals surface area contributed by atoms with Gasteiger partial charge in [-0.1, -0.05) is 19.6 Å². The molecule has 0 heterocycles. The number of carboxylic acids is 1. The number of rotatable bonds is 7. The van der Waals surface area contributed by atoms with Crippen LogP contribution in [0.3, 0.4) is 0 Å². The normalized spacial score (nSPS) is 17.6. The maximum absolute atomic E-state index is 11.6. The van der Waals surface area contributed by atoms with Gasteiger partial charge in [0.25, 0.3) is 0 Å². The van der Waals surface area contributed by atoms with E-state index in [0.717, 1.165) is 0 Å². The van der Waals surface area contributed by atoms with Gasteiger partial charge in [0.2, 0.25) is 0 Å². The van der Waals surface area contributed by atoms with Crippen molar-refractivity contribution in [3.05, 3.63) is 12.7 Å². The van der Waals surface area contributed by atoms with Crippen molar-refractivity contribution in [3.63, 3.8) is 0 Å². The topological polar surface area (TPSA) is 63.6 Å². The Kier molecular flexibility index (Phi) is 5.69. The lowest BCUT2D eigenvalue weighted by Crippen LogP contribution is -2.40. The molecule has 0 aromatic heterocycles. The van der Waals surface area contributed by atoms with E-state index in [-0.39, 0.29) is 13.0 Å². The third kappa shape index (κ3) is 4.38. The molecule has 0 radical (unpaired) electrons. The second-order valence-corrected chi connectivity index (χ2v) is 5.31. The van der Waals surface area contributed by atoms with Gasteiger partial charge in [-0.2, -0.15) is 0 Å².